The fraction of sp³-hybridized carbons (Fsp3) is 0. The van der Waals surface area contributed by atoms with E-state index in [1.165, 1.54) is 0 Å². The van der Waals surface area contributed by atoms with Crippen molar-refractivity contribution in [3.05, 3.63) is 35.2 Å². The number of fused-ring (bicyclic) bond motifs is 1. The summed E-state index contributed by atoms with van der Waals surface area (Å²) in [4.78, 5) is 14.4. The molecule has 0 aliphatic carbocycles. The lowest BCUT2D eigenvalue weighted by atomic mass is 10.5. The van der Waals surface area contributed by atoms with Crippen LogP contribution in [0.1, 0.15) is 10.5 Å². The Morgan fingerprint density at radius 2 is 2.42 bits per heavy atom. The maximum Gasteiger partial charge on any atom is 0.170 e. The summed E-state index contributed by atoms with van der Waals surface area (Å²) in [6.07, 6.45) is 4.12. The van der Waals surface area contributed by atoms with E-state index in [-0.39, 0.29) is 0 Å². The van der Waals surface area contributed by atoms with Crippen molar-refractivity contribution >= 4 is 23.5 Å². The summed E-state index contributed by atoms with van der Waals surface area (Å²) in [6, 6.07) is 3.44. The van der Waals surface area contributed by atoms with Gasteiger partial charge in [0.25, 0.3) is 0 Å². The third-order valence-corrected chi connectivity index (χ3v) is 1.80. The molecule has 0 aliphatic heterocycles. The molecule has 0 amide bonds. The largest absolute Gasteiger partial charge is 0.306 e. The van der Waals surface area contributed by atoms with Crippen LogP contribution in [0, 0.1) is 0 Å². The van der Waals surface area contributed by atoms with Gasteiger partial charge in [-0.2, -0.15) is 0 Å². The lowest BCUT2D eigenvalue weighted by Crippen LogP contribution is -1.79. The Labute approximate surface area is 73.6 Å². The van der Waals surface area contributed by atoms with Crippen molar-refractivity contribution in [3.8, 4) is 0 Å². The van der Waals surface area contributed by atoms with Gasteiger partial charge in [-0.3, -0.25) is 4.79 Å². The van der Waals surface area contributed by atoms with E-state index in [1.54, 1.807) is 28.9 Å². The molecule has 2 aromatic rings. The Bertz CT molecular complexity index is 436. The van der Waals surface area contributed by atoms with Crippen LogP contribution in [0.3, 0.4) is 0 Å². The van der Waals surface area contributed by atoms with Crippen LogP contribution in [-0.2, 0) is 0 Å². The smallest absolute Gasteiger partial charge is 0.170 e. The number of rotatable bonds is 1. The Morgan fingerprint density at radius 3 is 3.17 bits per heavy atom. The summed E-state index contributed by atoms with van der Waals surface area (Å²) in [5, 5.41) is 0.616. The molecule has 4 heteroatoms. The number of hydrogen-bond acceptors (Lipinski definition) is 2. The first kappa shape index (κ1) is 7.31. The molecule has 0 saturated carbocycles. The average Bonchev–Trinajstić information content (AvgIpc) is 2.46. The molecule has 0 unspecified atom stereocenters. The molecule has 0 bridgehead atoms. The van der Waals surface area contributed by atoms with Gasteiger partial charge in [0, 0.05) is 23.5 Å². The third-order valence-electron chi connectivity index (χ3n) is 1.56. The van der Waals surface area contributed by atoms with Gasteiger partial charge in [-0.15, -0.1) is 0 Å². The second kappa shape index (κ2) is 2.60. The predicted octanol–water partition coefficient (Wildman–Crippen LogP) is 1.80. The molecule has 12 heavy (non-hydrogen) atoms. The van der Waals surface area contributed by atoms with Crippen LogP contribution in [0.2, 0.25) is 5.02 Å². The number of nitrogens with zero attached hydrogens (tertiary/aromatic N) is 2. The Kier molecular flexibility index (Phi) is 1.59. The van der Waals surface area contributed by atoms with Gasteiger partial charge in [0.1, 0.15) is 11.3 Å². The van der Waals surface area contributed by atoms with Gasteiger partial charge in [-0.05, 0) is 6.07 Å². The molecule has 3 nitrogen and oxygen atoms in total. The quantitative estimate of drug-likeness (QED) is 0.628. The van der Waals surface area contributed by atoms with Gasteiger partial charge in [0.15, 0.2) is 6.29 Å². The average molecular weight is 181 g/mol. The highest BCUT2D eigenvalue weighted by atomic mass is 35.5. The molecule has 60 valence electrons. The molecule has 0 radical (unpaired) electrons. The van der Waals surface area contributed by atoms with E-state index in [9.17, 15) is 4.79 Å². The molecular formula is C8H5ClN2O. The molecule has 2 aromatic heterocycles. The second-order valence-corrected chi connectivity index (χ2v) is 2.83. The van der Waals surface area contributed by atoms with Crippen LogP contribution in [0.4, 0.5) is 0 Å². The molecule has 0 spiro atoms. The zero-order valence-corrected chi connectivity index (χ0v) is 6.82. The van der Waals surface area contributed by atoms with Gasteiger partial charge in [0.2, 0.25) is 0 Å². The number of halogens is 1. The van der Waals surface area contributed by atoms with E-state index < -0.39 is 0 Å². The lowest BCUT2D eigenvalue weighted by Gasteiger charge is -1.90. The summed E-state index contributed by atoms with van der Waals surface area (Å²) in [5.74, 6) is 0. The highest BCUT2D eigenvalue weighted by Crippen LogP contribution is 2.11. The minimum Gasteiger partial charge on any atom is -0.306 e. The van der Waals surface area contributed by atoms with E-state index >= 15 is 0 Å². The first-order valence-corrected chi connectivity index (χ1v) is 3.77. The lowest BCUT2D eigenvalue weighted by molar-refractivity contribution is 0.111. The fourth-order valence-electron chi connectivity index (χ4n) is 1.03. The summed E-state index contributed by atoms with van der Waals surface area (Å²) in [5.41, 5.74) is 1.10. The zero-order chi connectivity index (χ0) is 8.55. The van der Waals surface area contributed by atoms with Crippen molar-refractivity contribution in [1.82, 2.24) is 9.38 Å². The molecule has 0 atom stereocenters. The maximum absolute atomic E-state index is 10.4. The van der Waals surface area contributed by atoms with Crippen molar-refractivity contribution in [1.29, 1.82) is 0 Å². The standard InChI is InChI=1S/C8H5ClN2O/c9-6-1-2-11-4-7(5-12)10-8(11)3-6/h1-5H. The van der Waals surface area contributed by atoms with Crippen LogP contribution in [-0.4, -0.2) is 15.7 Å². The number of aldehydes is 1. The van der Waals surface area contributed by atoms with E-state index in [2.05, 4.69) is 4.98 Å². The molecule has 0 aromatic carbocycles. The van der Waals surface area contributed by atoms with Gasteiger partial charge in [-0.25, -0.2) is 4.98 Å². The summed E-state index contributed by atoms with van der Waals surface area (Å²) >= 11 is 5.73. The minimum atomic E-state index is 0.414. The Morgan fingerprint density at radius 1 is 1.58 bits per heavy atom. The van der Waals surface area contributed by atoms with Gasteiger partial charge in [0.05, 0.1) is 0 Å². The first-order valence-electron chi connectivity index (χ1n) is 3.39. The summed E-state index contributed by atoms with van der Waals surface area (Å²) in [7, 11) is 0. The molecule has 2 heterocycles. The number of aromatic nitrogens is 2. The highest BCUT2D eigenvalue weighted by Gasteiger charge is 1.99. The van der Waals surface area contributed by atoms with Gasteiger partial charge < -0.3 is 4.40 Å². The van der Waals surface area contributed by atoms with E-state index in [0.29, 0.717) is 22.6 Å². The maximum atomic E-state index is 10.4. The Hall–Kier alpha value is -1.35. The number of imidazole rings is 1. The molecule has 0 saturated heterocycles. The number of pyridine rings is 1. The Balaban J connectivity index is 2.75. The van der Waals surface area contributed by atoms with Crippen molar-refractivity contribution in [2.24, 2.45) is 0 Å². The van der Waals surface area contributed by atoms with Crippen molar-refractivity contribution in [3.63, 3.8) is 0 Å². The van der Waals surface area contributed by atoms with Crippen LogP contribution in [0.5, 0.6) is 0 Å². The van der Waals surface area contributed by atoms with Crippen LogP contribution < -0.4 is 0 Å². The normalized spacial score (nSPS) is 10.4. The second-order valence-electron chi connectivity index (χ2n) is 2.39. The summed E-state index contributed by atoms with van der Waals surface area (Å²) in [6.45, 7) is 0. The SMILES string of the molecule is O=Cc1cn2ccc(Cl)cc2n1. The topological polar surface area (TPSA) is 34.4 Å². The molecular weight excluding hydrogens is 176 g/mol. The third kappa shape index (κ3) is 1.08. The zero-order valence-electron chi connectivity index (χ0n) is 6.07. The van der Waals surface area contributed by atoms with Crippen molar-refractivity contribution in [2.75, 3.05) is 0 Å². The van der Waals surface area contributed by atoms with Crippen LogP contribution in [0.15, 0.2) is 24.5 Å². The van der Waals surface area contributed by atoms with Crippen molar-refractivity contribution in [2.45, 2.75) is 0 Å². The number of carbonyl (C=O) groups is 1. The highest BCUT2D eigenvalue weighted by molar-refractivity contribution is 6.30. The van der Waals surface area contributed by atoms with E-state index in [0.717, 1.165) is 0 Å². The predicted molar refractivity (Wildman–Crippen MR) is 45.6 cm³/mol. The van der Waals surface area contributed by atoms with E-state index in [1.807, 2.05) is 0 Å². The monoisotopic (exact) mass is 180 g/mol. The molecule has 2 rings (SSSR count). The first-order chi connectivity index (χ1) is 5.79. The van der Waals surface area contributed by atoms with Crippen molar-refractivity contribution < 1.29 is 4.79 Å². The molecule has 0 N–H and O–H groups in total. The fourth-order valence-corrected chi connectivity index (χ4v) is 1.19. The minimum absolute atomic E-state index is 0.414. The van der Waals surface area contributed by atoms with Crippen LogP contribution >= 0.6 is 11.6 Å². The van der Waals surface area contributed by atoms with Gasteiger partial charge >= 0.3 is 0 Å². The van der Waals surface area contributed by atoms with Gasteiger partial charge in [-0.1, -0.05) is 11.6 Å². The number of hydrogen-bond donors (Lipinski definition) is 0. The molecule has 0 aliphatic rings. The summed E-state index contributed by atoms with van der Waals surface area (Å²) < 4.78 is 1.75. The number of carbonyl (C=O) groups excluding carboxylic acids is 1. The van der Waals surface area contributed by atoms with Crippen LogP contribution in [0.25, 0.3) is 5.65 Å². The van der Waals surface area contributed by atoms with E-state index in [4.69, 9.17) is 11.6 Å². The molecule has 0 fully saturated rings.